The molecular formula is C14H21N5. The van der Waals surface area contributed by atoms with Gasteiger partial charge in [0.2, 0.25) is 0 Å². The molecule has 102 valence electrons. The molecule has 0 spiro atoms. The quantitative estimate of drug-likeness (QED) is 0.913. The van der Waals surface area contributed by atoms with E-state index in [0.29, 0.717) is 12.1 Å². The van der Waals surface area contributed by atoms with E-state index in [9.17, 15) is 0 Å². The summed E-state index contributed by atoms with van der Waals surface area (Å²) in [6, 6.07) is 3.01. The number of aromatic nitrogens is 4. The molecule has 2 aromatic heterocycles. The molecule has 1 aliphatic rings. The van der Waals surface area contributed by atoms with Crippen molar-refractivity contribution in [3.8, 4) is 0 Å². The van der Waals surface area contributed by atoms with E-state index in [2.05, 4.69) is 26.9 Å². The molecule has 1 aliphatic heterocycles. The molecule has 2 aromatic rings. The third-order valence-electron chi connectivity index (χ3n) is 3.85. The summed E-state index contributed by atoms with van der Waals surface area (Å²) in [6.07, 6.45) is 11.5. The second-order valence-corrected chi connectivity index (χ2v) is 5.33. The van der Waals surface area contributed by atoms with Crippen LogP contribution in [0.4, 0.5) is 0 Å². The van der Waals surface area contributed by atoms with Crippen molar-refractivity contribution < 1.29 is 0 Å². The van der Waals surface area contributed by atoms with Gasteiger partial charge in [0.1, 0.15) is 0 Å². The zero-order valence-electron chi connectivity index (χ0n) is 11.4. The maximum atomic E-state index is 4.32. The Balaban J connectivity index is 1.67. The molecule has 2 unspecified atom stereocenters. The molecule has 0 saturated carbocycles. The molecular weight excluding hydrogens is 238 g/mol. The zero-order chi connectivity index (χ0) is 13.1. The second-order valence-electron chi connectivity index (χ2n) is 5.33. The van der Waals surface area contributed by atoms with Crippen LogP contribution < -0.4 is 5.32 Å². The molecule has 0 aromatic carbocycles. The highest BCUT2D eigenvalue weighted by Crippen LogP contribution is 2.25. The van der Waals surface area contributed by atoms with Gasteiger partial charge in [-0.25, -0.2) is 4.98 Å². The van der Waals surface area contributed by atoms with Crippen LogP contribution in [0.25, 0.3) is 0 Å². The van der Waals surface area contributed by atoms with E-state index in [1.807, 2.05) is 35.7 Å². The van der Waals surface area contributed by atoms with Crippen LogP contribution in [0.2, 0.25) is 0 Å². The van der Waals surface area contributed by atoms with Crippen molar-refractivity contribution in [2.24, 2.45) is 0 Å². The van der Waals surface area contributed by atoms with Gasteiger partial charge in [0.05, 0.1) is 18.6 Å². The lowest BCUT2D eigenvalue weighted by Crippen LogP contribution is -2.35. The topological polar surface area (TPSA) is 47.7 Å². The van der Waals surface area contributed by atoms with Crippen molar-refractivity contribution in [1.82, 2.24) is 24.6 Å². The minimum atomic E-state index is 0.448. The Morgan fingerprint density at radius 1 is 1.37 bits per heavy atom. The maximum Gasteiger partial charge on any atom is 0.0949 e. The van der Waals surface area contributed by atoms with E-state index < -0.39 is 0 Å². The van der Waals surface area contributed by atoms with Crippen molar-refractivity contribution in [2.75, 3.05) is 0 Å². The summed E-state index contributed by atoms with van der Waals surface area (Å²) in [5, 5.41) is 7.91. The van der Waals surface area contributed by atoms with Gasteiger partial charge in [-0.15, -0.1) is 0 Å². The standard InChI is InChI=1S/C14H21N5/c1-12-4-2-5-13(17-12)14-10-15-11-18(14)8-9-19-7-3-6-16-19/h3,6-7,10-13,17H,2,4-5,8-9H2,1H3. The van der Waals surface area contributed by atoms with Gasteiger partial charge in [-0.2, -0.15) is 5.10 Å². The van der Waals surface area contributed by atoms with Crippen LogP contribution in [-0.2, 0) is 13.1 Å². The van der Waals surface area contributed by atoms with Crippen molar-refractivity contribution in [3.05, 3.63) is 36.7 Å². The number of hydrogen-bond acceptors (Lipinski definition) is 3. The average Bonchev–Trinajstić information content (AvgIpc) is 3.08. The Kier molecular flexibility index (Phi) is 3.64. The maximum absolute atomic E-state index is 4.32. The first kappa shape index (κ1) is 12.4. The Morgan fingerprint density at radius 3 is 3.11 bits per heavy atom. The van der Waals surface area contributed by atoms with Crippen LogP contribution in [0.5, 0.6) is 0 Å². The normalized spacial score (nSPS) is 23.6. The molecule has 0 aliphatic carbocycles. The van der Waals surface area contributed by atoms with E-state index in [0.717, 1.165) is 13.1 Å². The molecule has 5 nitrogen and oxygen atoms in total. The number of nitrogens with one attached hydrogen (secondary N) is 1. The SMILES string of the molecule is CC1CCCC(c2cncn2CCn2cccn2)N1. The number of aryl methyl sites for hydroxylation is 2. The molecule has 1 saturated heterocycles. The third-order valence-corrected chi connectivity index (χ3v) is 3.85. The van der Waals surface area contributed by atoms with Gasteiger partial charge in [-0.05, 0) is 32.3 Å². The lowest BCUT2D eigenvalue weighted by atomic mass is 9.97. The van der Waals surface area contributed by atoms with Gasteiger partial charge in [0.15, 0.2) is 0 Å². The average molecular weight is 259 g/mol. The fourth-order valence-electron chi connectivity index (χ4n) is 2.82. The first-order valence-electron chi connectivity index (χ1n) is 7.06. The highest BCUT2D eigenvalue weighted by atomic mass is 15.3. The fourth-order valence-corrected chi connectivity index (χ4v) is 2.82. The largest absolute Gasteiger partial charge is 0.331 e. The minimum absolute atomic E-state index is 0.448. The van der Waals surface area contributed by atoms with Crippen LogP contribution in [0, 0.1) is 0 Å². The summed E-state index contributed by atoms with van der Waals surface area (Å²) < 4.78 is 4.21. The monoisotopic (exact) mass is 259 g/mol. The Labute approximate surface area is 113 Å². The molecule has 0 amide bonds. The van der Waals surface area contributed by atoms with Crippen LogP contribution in [0.3, 0.4) is 0 Å². The van der Waals surface area contributed by atoms with Crippen LogP contribution in [0.15, 0.2) is 31.0 Å². The van der Waals surface area contributed by atoms with Gasteiger partial charge in [0, 0.05) is 37.2 Å². The third kappa shape index (κ3) is 2.87. The van der Waals surface area contributed by atoms with Gasteiger partial charge in [-0.3, -0.25) is 4.68 Å². The van der Waals surface area contributed by atoms with E-state index in [4.69, 9.17) is 0 Å². The van der Waals surface area contributed by atoms with Crippen LogP contribution >= 0.6 is 0 Å². The van der Waals surface area contributed by atoms with Crippen molar-refractivity contribution in [2.45, 2.75) is 51.4 Å². The predicted molar refractivity (Wildman–Crippen MR) is 73.6 cm³/mol. The summed E-state index contributed by atoms with van der Waals surface area (Å²) in [4.78, 5) is 4.32. The number of imidazole rings is 1. The first-order chi connectivity index (χ1) is 9.33. The van der Waals surface area contributed by atoms with Gasteiger partial charge in [-0.1, -0.05) is 0 Å². The van der Waals surface area contributed by atoms with E-state index in [-0.39, 0.29) is 0 Å². The number of hydrogen-bond donors (Lipinski definition) is 1. The fraction of sp³-hybridized carbons (Fsp3) is 0.571. The molecule has 0 radical (unpaired) electrons. The summed E-state index contributed by atoms with van der Waals surface area (Å²) in [5.74, 6) is 0. The summed E-state index contributed by atoms with van der Waals surface area (Å²) in [5.41, 5.74) is 1.30. The smallest absolute Gasteiger partial charge is 0.0949 e. The zero-order valence-corrected chi connectivity index (χ0v) is 11.4. The van der Waals surface area contributed by atoms with Gasteiger partial charge in [0.25, 0.3) is 0 Å². The molecule has 3 heterocycles. The molecule has 0 bridgehead atoms. The van der Waals surface area contributed by atoms with Crippen molar-refractivity contribution in [1.29, 1.82) is 0 Å². The summed E-state index contributed by atoms with van der Waals surface area (Å²) in [7, 11) is 0. The highest BCUT2D eigenvalue weighted by molar-refractivity contribution is 5.07. The lowest BCUT2D eigenvalue weighted by molar-refractivity contribution is 0.327. The van der Waals surface area contributed by atoms with Crippen LogP contribution in [-0.4, -0.2) is 25.4 Å². The Hall–Kier alpha value is -1.62. The van der Waals surface area contributed by atoms with E-state index >= 15 is 0 Å². The van der Waals surface area contributed by atoms with Gasteiger partial charge >= 0.3 is 0 Å². The van der Waals surface area contributed by atoms with E-state index in [1.54, 1.807) is 0 Å². The molecule has 1 N–H and O–H groups in total. The number of rotatable bonds is 4. The molecule has 5 heteroatoms. The number of nitrogens with zero attached hydrogens (tertiary/aromatic N) is 4. The Morgan fingerprint density at radius 2 is 2.32 bits per heavy atom. The van der Waals surface area contributed by atoms with Crippen molar-refractivity contribution in [3.63, 3.8) is 0 Å². The minimum Gasteiger partial charge on any atom is -0.331 e. The van der Waals surface area contributed by atoms with Crippen molar-refractivity contribution >= 4 is 0 Å². The van der Waals surface area contributed by atoms with Gasteiger partial charge < -0.3 is 9.88 Å². The number of piperidine rings is 1. The molecule has 1 fully saturated rings. The highest BCUT2D eigenvalue weighted by Gasteiger charge is 2.21. The predicted octanol–water partition coefficient (Wildman–Crippen LogP) is 1.98. The lowest BCUT2D eigenvalue weighted by Gasteiger charge is -2.29. The summed E-state index contributed by atoms with van der Waals surface area (Å²) >= 11 is 0. The summed E-state index contributed by atoms with van der Waals surface area (Å²) in [6.45, 7) is 4.07. The second kappa shape index (κ2) is 5.57. The van der Waals surface area contributed by atoms with E-state index in [1.165, 1.54) is 25.0 Å². The molecule has 2 atom stereocenters. The molecule has 19 heavy (non-hydrogen) atoms. The molecule has 3 rings (SSSR count). The Bertz CT molecular complexity index is 502. The first-order valence-corrected chi connectivity index (χ1v) is 7.06. The van der Waals surface area contributed by atoms with Crippen LogP contribution in [0.1, 0.15) is 37.9 Å².